The van der Waals surface area contributed by atoms with Gasteiger partial charge in [0.25, 0.3) is 0 Å². The third-order valence-corrected chi connectivity index (χ3v) is 4.76. The smallest absolute Gasteiger partial charge is 0.222 e. The molecule has 2 saturated carbocycles. The second kappa shape index (κ2) is 5.44. The zero-order valence-corrected chi connectivity index (χ0v) is 13.3. The molecule has 0 amide bonds. The fraction of sp³-hybridized carbons (Fsp3) is 0.750. The van der Waals surface area contributed by atoms with Crippen molar-refractivity contribution in [3.05, 3.63) is 11.4 Å². The molecule has 0 unspecified atom stereocenters. The average Bonchev–Trinajstić information content (AvgIpc) is 3.28. The molecule has 1 aromatic heterocycles. The van der Waals surface area contributed by atoms with Gasteiger partial charge in [-0.05, 0) is 50.9 Å². The molecule has 0 bridgehead atoms. The summed E-state index contributed by atoms with van der Waals surface area (Å²) in [4.78, 5) is 9.15. The fourth-order valence-corrected chi connectivity index (χ4v) is 2.94. The topological polar surface area (TPSA) is 73.1 Å². The lowest BCUT2D eigenvalue weighted by molar-refractivity contribution is 0.0939. The van der Waals surface area contributed by atoms with Crippen molar-refractivity contribution in [1.82, 2.24) is 9.97 Å². The lowest BCUT2D eigenvalue weighted by atomic mass is 9.76. The second-order valence-corrected chi connectivity index (χ2v) is 7.26. The molecule has 21 heavy (non-hydrogen) atoms. The Morgan fingerprint density at radius 3 is 2.38 bits per heavy atom. The van der Waals surface area contributed by atoms with E-state index in [9.17, 15) is 0 Å². The van der Waals surface area contributed by atoms with Crippen molar-refractivity contribution in [3.8, 4) is 5.88 Å². The van der Waals surface area contributed by atoms with Gasteiger partial charge in [0.15, 0.2) is 0 Å². The van der Waals surface area contributed by atoms with Crippen LogP contribution in [0.25, 0.3) is 0 Å². The van der Waals surface area contributed by atoms with E-state index in [-0.39, 0.29) is 6.10 Å². The maximum absolute atomic E-state index is 6.19. The molecule has 116 valence electrons. The van der Waals surface area contributed by atoms with Crippen molar-refractivity contribution in [2.45, 2.75) is 71.3 Å². The van der Waals surface area contributed by atoms with Crippen LogP contribution in [-0.2, 0) is 0 Å². The number of rotatable bonds is 4. The van der Waals surface area contributed by atoms with Crippen LogP contribution in [0.4, 0.5) is 5.82 Å². The highest BCUT2D eigenvalue weighted by molar-refractivity contribution is 5.48. The highest BCUT2D eigenvalue weighted by Crippen LogP contribution is 2.41. The molecule has 3 rings (SSSR count). The zero-order valence-electron chi connectivity index (χ0n) is 13.3. The van der Waals surface area contributed by atoms with E-state index in [4.69, 9.17) is 10.6 Å². The molecule has 1 heterocycles. The third-order valence-electron chi connectivity index (χ3n) is 4.76. The first-order chi connectivity index (χ1) is 9.98. The Kier molecular flexibility index (Phi) is 3.78. The highest BCUT2D eigenvalue weighted by atomic mass is 16.5. The Labute approximate surface area is 126 Å². The molecule has 0 atom stereocenters. The van der Waals surface area contributed by atoms with Gasteiger partial charge >= 0.3 is 0 Å². The standard InChI is InChI=1S/C16H26N4O/c1-10-13(20-17)18-14(11-4-5-11)19-15(10)21-12-6-8-16(2,3)9-7-12/h11-12H,4-9,17H2,1-3H3,(H,18,19,20). The van der Waals surface area contributed by atoms with Gasteiger partial charge in [-0.1, -0.05) is 13.8 Å². The molecule has 2 aliphatic rings. The Hall–Kier alpha value is -1.36. The van der Waals surface area contributed by atoms with Gasteiger partial charge in [0.2, 0.25) is 5.88 Å². The minimum absolute atomic E-state index is 0.268. The Morgan fingerprint density at radius 2 is 1.81 bits per heavy atom. The van der Waals surface area contributed by atoms with E-state index in [1.165, 1.54) is 25.7 Å². The van der Waals surface area contributed by atoms with Crippen LogP contribution in [-0.4, -0.2) is 16.1 Å². The van der Waals surface area contributed by atoms with Gasteiger partial charge in [-0.2, -0.15) is 4.98 Å². The number of nitrogens with zero attached hydrogens (tertiary/aromatic N) is 2. The van der Waals surface area contributed by atoms with E-state index in [0.717, 1.165) is 24.2 Å². The van der Waals surface area contributed by atoms with E-state index in [1.807, 2.05) is 6.92 Å². The zero-order chi connectivity index (χ0) is 15.0. The van der Waals surface area contributed by atoms with Crippen molar-refractivity contribution in [3.63, 3.8) is 0 Å². The van der Waals surface area contributed by atoms with Gasteiger partial charge < -0.3 is 10.2 Å². The molecular formula is C16H26N4O. The van der Waals surface area contributed by atoms with E-state index in [1.54, 1.807) is 0 Å². The molecule has 2 aliphatic carbocycles. The second-order valence-electron chi connectivity index (χ2n) is 7.26. The number of aromatic nitrogens is 2. The Bertz CT molecular complexity index is 515. The highest BCUT2D eigenvalue weighted by Gasteiger charge is 2.31. The van der Waals surface area contributed by atoms with Gasteiger partial charge in [-0.3, -0.25) is 0 Å². The first-order valence-corrected chi connectivity index (χ1v) is 8.00. The molecule has 0 aliphatic heterocycles. The summed E-state index contributed by atoms with van der Waals surface area (Å²) in [5.41, 5.74) is 4.04. The number of nitrogens with two attached hydrogens (primary N) is 1. The normalized spacial score (nSPS) is 22.1. The largest absolute Gasteiger partial charge is 0.474 e. The van der Waals surface area contributed by atoms with Gasteiger partial charge in [0, 0.05) is 5.92 Å². The SMILES string of the molecule is Cc1c(NN)nc(C2CC2)nc1OC1CCC(C)(C)CC1. The summed E-state index contributed by atoms with van der Waals surface area (Å²) in [6, 6.07) is 0. The maximum atomic E-state index is 6.19. The number of hydrogen-bond donors (Lipinski definition) is 2. The molecule has 3 N–H and O–H groups in total. The Morgan fingerprint density at radius 1 is 1.14 bits per heavy atom. The number of nitrogens with one attached hydrogen (secondary N) is 1. The monoisotopic (exact) mass is 290 g/mol. The van der Waals surface area contributed by atoms with Gasteiger partial charge in [-0.15, -0.1) is 0 Å². The number of hydrogen-bond acceptors (Lipinski definition) is 5. The molecule has 5 heteroatoms. The van der Waals surface area contributed by atoms with Crippen molar-refractivity contribution >= 4 is 5.82 Å². The van der Waals surface area contributed by atoms with Crippen LogP contribution in [0.3, 0.4) is 0 Å². The number of nitrogen functional groups attached to an aromatic ring is 1. The molecule has 2 fully saturated rings. The third kappa shape index (κ3) is 3.28. The number of anilines is 1. The van der Waals surface area contributed by atoms with Crippen molar-refractivity contribution in [2.24, 2.45) is 11.3 Å². The molecular weight excluding hydrogens is 264 g/mol. The summed E-state index contributed by atoms with van der Waals surface area (Å²) < 4.78 is 6.19. The predicted molar refractivity (Wildman–Crippen MR) is 83.2 cm³/mol. The molecule has 0 radical (unpaired) electrons. The lowest BCUT2D eigenvalue weighted by Crippen LogP contribution is -2.29. The van der Waals surface area contributed by atoms with Crippen LogP contribution in [0.5, 0.6) is 5.88 Å². The van der Waals surface area contributed by atoms with Crippen LogP contribution in [0.15, 0.2) is 0 Å². The summed E-state index contributed by atoms with van der Waals surface area (Å²) >= 11 is 0. The minimum atomic E-state index is 0.268. The molecule has 0 saturated heterocycles. The van der Waals surface area contributed by atoms with Crippen molar-refractivity contribution < 1.29 is 4.74 Å². The minimum Gasteiger partial charge on any atom is -0.474 e. The lowest BCUT2D eigenvalue weighted by Gasteiger charge is -2.34. The van der Waals surface area contributed by atoms with Crippen LogP contribution < -0.4 is 16.0 Å². The quantitative estimate of drug-likeness (QED) is 0.657. The first-order valence-electron chi connectivity index (χ1n) is 8.00. The van der Waals surface area contributed by atoms with Crippen molar-refractivity contribution in [1.29, 1.82) is 0 Å². The van der Waals surface area contributed by atoms with E-state index < -0.39 is 0 Å². The first kappa shape index (κ1) is 14.6. The molecule has 1 aromatic rings. The molecule has 5 nitrogen and oxygen atoms in total. The van der Waals surface area contributed by atoms with Crippen LogP contribution in [0, 0.1) is 12.3 Å². The summed E-state index contributed by atoms with van der Waals surface area (Å²) in [7, 11) is 0. The van der Waals surface area contributed by atoms with Gasteiger partial charge in [0.1, 0.15) is 17.7 Å². The van der Waals surface area contributed by atoms with Crippen LogP contribution >= 0.6 is 0 Å². The Balaban J connectivity index is 1.76. The number of ether oxygens (including phenoxy) is 1. The maximum Gasteiger partial charge on any atom is 0.222 e. The fourth-order valence-electron chi connectivity index (χ4n) is 2.94. The molecule has 0 aromatic carbocycles. The summed E-state index contributed by atoms with van der Waals surface area (Å²) in [5, 5.41) is 0. The number of hydrazine groups is 1. The van der Waals surface area contributed by atoms with E-state index in [2.05, 4.69) is 29.2 Å². The van der Waals surface area contributed by atoms with Crippen LogP contribution in [0.2, 0.25) is 0 Å². The summed E-state index contributed by atoms with van der Waals surface area (Å²) in [6.45, 7) is 6.63. The molecule has 0 spiro atoms. The van der Waals surface area contributed by atoms with Crippen LogP contribution in [0.1, 0.15) is 69.7 Å². The van der Waals surface area contributed by atoms with Crippen molar-refractivity contribution in [2.75, 3.05) is 5.43 Å². The van der Waals surface area contributed by atoms with E-state index >= 15 is 0 Å². The average molecular weight is 290 g/mol. The summed E-state index contributed by atoms with van der Waals surface area (Å²) in [6.07, 6.45) is 7.22. The van der Waals surface area contributed by atoms with Gasteiger partial charge in [-0.25, -0.2) is 10.8 Å². The predicted octanol–water partition coefficient (Wildman–Crippen LogP) is 3.30. The van der Waals surface area contributed by atoms with Gasteiger partial charge in [0.05, 0.1) is 5.56 Å². The van der Waals surface area contributed by atoms with E-state index in [0.29, 0.717) is 23.0 Å². The summed E-state index contributed by atoms with van der Waals surface area (Å²) in [5.74, 6) is 8.35.